The fraction of sp³-hybridized carbons (Fsp3) is 0.611. The zero-order chi connectivity index (χ0) is 15.9. The van der Waals surface area contributed by atoms with Gasteiger partial charge in [-0.05, 0) is 45.2 Å². The first-order chi connectivity index (χ1) is 10.6. The molecule has 0 aliphatic carbocycles. The molecule has 1 fully saturated rings. The molecule has 0 radical (unpaired) electrons. The molecule has 122 valence electrons. The highest BCUT2D eigenvalue weighted by atomic mass is 16.5. The average Bonchev–Trinajstić information content (AvgIpc) is 2.92. The van der Waals surface area contributed by atoms with Gasteiger partial charge in [0, 0.05) is 12.6 Å². The second-order valence-electron chi connectivity index (χ2n) is 6.28. The minimum atomic E-state index is -0.436. The first-order valence-corrected chi connectivity index (χ1v) is 8.23. The predicted molar refractivity (Wildman–Crippen MR) is 86.5 cm³/mol. The van der Waals surface area contributed by atoms with Crippen LogP contribution in [-0.4, -0.2) is 41.2 Å². The van der Waals surface area contributed by atoms with E-state index in [1.165, 1.54) is 0 Å². The molecule has 0 saturated carbocycles. The van der Waals surface area contributed by atoms with Crippen molar-refractivity contribution in [3.8, 4) is 0 Å². The van der Waals surface area contributed by atoms with Gasteiger partial charge in [-0.3, -0.25) is 9.69 Å². The number of nitrogens with zero attached hydrogens (tertiary/aromatic N) is 1. The molecule has 2 rings (SSSR count). The van der Waals surface area contributed by atoms with Crippen molar-refractivity contribution in [3.05, 3.63) is 35.9 Å². The van der Waals surface area contributed by atoms with E-state index >= 15 is 0 Å². The topological polar surface area (TPSA) is 49.8 Å². The lowest BCUT2D eigenvalue weighted by Crippen LogP contribution is -2.33. The number of rotatable bonds is 7. The zero-order valence-electron chi connectivity index (χ0n) is 13.6. The Balaban J connectivity index is 1.82. The number of carbonyl (C=O) groups is 1. The molecule has 0 aromatic heterocycles. The molecule has 0 bridgehead atoms. The second kappa shape index (κ2) is 8.30. The number of esters is 1. The number of ether oxygens (including phenoxy) is 1. The maximum atomic E-state index is 11.7. The summed E-state index contributed by atoms with van der Waals surface area (Å²) in [6.45, 7) is 5.46. The molecular formula is C18H27NO3. The monoisotopic (exact) mass is 305 g/mol. The smallest absolute Gasteiger partial charge is 0.307 e. The number of hydrogen-bond acceptors (Lipinski definition) is 4. The third kappa shape index (κ3) is 5.11. The van der Waals surface area contributed by atoms with Gasteiger partial charge in [0.2, 0.25) is 0 Å². The number of benzene rings is 1. The first kappa shape index (κ1) is 17.0. The predicted octanol–water partition coefficient (Wildman–Crippen LogP) is 2.92. The van der Waals surface area contributed by atoms with Crippen molar-refractivity contribution in [3.63, 3.8) is 0 Å². The first-order valence-electron chi connectivity index (χ1n) is 8.23. The normalized spacial score (nSPS) is 20.3. The third-order valence-electron chi connectivity index (χ3n) is 4.15. The summed E-state index contributed by atoms with van der Waals surface area (Å²) in [4.78, 5) is 14.0. The SMILES string of the molecule is CC(C)OC(=O)CCN1CCCC1CC(O)c1ccccc1. The minimum absolute atomic E-state index is 0.0539. The van der Waals surface area contributed by atoms with Crippen LogP contribution in [0.2, 0.25) is 0 Å². The molecule has 1 aromatic carbocycles. The summed E-state index contributed by atoms with van der Waals surface area (Å²) in [6, 6.07) is 10.1. The van der Waals surface area contributed by atoms with Gasteiger partial charge in [0.1, 0.15) is 0 Å². The Labute approximate surface area is 133 Å². The average molecular weight is 305 g/mol. The van der Waals surface area contributed by atoms with E-state index in [0.717, 1.165) is 37.9 Å². The molecular weight excluding hydrogens is 278 g/mol. The van der Waals surface area contributed by atoms with Crippen molar-refractivity contribution in [2.75, 3.05) is 13.1 Å². The van der Waals surface area contributed by atoms with Crippen molar-refractivity contribution < 1.29 is 14.6 Å². The second-order valence-corrected chi connectivity index (χ2v) is 6.28. The van der Waals surface area contributed by atoms with Gasteiger partial charge < -0.3 is 9.84 Å². The van der Waals surface area contributed by atoms with Crippen molar-refractivity contribution in [2.45, 2.75) is 57.8 Å². The summed E-state index contributed by atoms with van der Waals surface area (Å²) in [6.07, 6.45) is 2.88. The van der Waals surface area contributed by atoms with Crippen molar-refractivity contribution in [1.29, 1.82) is 0 Å². The highest BCUT2D eigenvalue weighted by Gasteiger charge is 2.27. The standard InChI is InChI=1S/C18H27NO3/c1-14(2)22-18(21)10-12-19-11-6-9-16(19)13-17(20)15-7-4-3-5-8-15/h3-5,7-8,14,16-17,20H,6,9-13H2,1-2H3. The summed E-state index contributed by atoms with van der Waals surface area (Å²) < 4.78 is 5.18. The van der Waals surface area contributed by atoms with Gasteiger partial charge >= 0.3 is 5.97 Å². The van der Waals surface area contributed by atoms with Gasteiger partial charge in [-0.25, -0.2) is 0 Å². The van der Waals surface area contributed by atoms with Crippen molar-refractivity contribution >= 4 is 5.97 Å². The maximum Gasteiger partial charge on any atom is 0.307 e. The molecule has 1 N–H and O–H groups in total. The highest BCUT2D eigenvalue weighted by Crippen LogP contribution is 2.27. The number of aliphatic hydroxyl groups excluding tert-OH is 1. The summed E-state index contributed by atoms with van der Waals surface area (Å²) in [5, 5.41) is 10.4. The Morgan fingerprint density at radius 3 is 2.77 bits per heavy atom. The molecule has 2 atom stereocenters. The van der Waals surface area contributed by atoms with Crippen LogP contribution in [0.3, 0.4) is 0 Å². The number of hydrogen-bond donors (Lipinski definition) is 1. The summed E-state index contributed by atoms with van der Waals surface area (Å²) in [7, 11) is 0. The van der Waals surface area contributed by atoms with E-state index in [2.05, 4.69) is 4.90 Å². The molecule has 1 heterocycles. The van der Waals surface area contributed by atoms with Crippen LogP contribution in [0.15, 0.2) is 30.3 Å². The summed E-state index contributed by atoms with van der Waals surface area (Å²) in [5.41, 5.74) is 0.966. The number of likely N-dealkylation sites (tertiary alicyclic amines) is 1. The van der Waals surface area contributed by atoms with Gasteiger partial charge in [0.05, 0.1) is 18.6 Å². The van der Waals surface area contributed by atoms with Gasteiger partial charge in [-0.15, -0.1) is 0 Å². The molecule has 0 spiro atoms. The fourth-order valence-electron chi connectivity index (χ4n) is 3.08. The van der Waals surface area contributed by atoms with Crippen LogP contribution in [0.1, 0.15) is 51.2 Å². The largest absolute Gasteiger partial charge is 0.463 e. The van der Waals surface area contributed by atoms with Crippen molar-refractivity contribution in [1.82, 2.24) is 4.90 Å². The van der Waals surface area contributed by atoms with Crippen LogP contribution in [-0.2, 0) is 9.53 Å². The van der Waals surface area contributed by atoms with Crippen molar-refractivity contribution in [2.24, 2.45) is 0 Å². The lowest BCUT2D eigenvalue weighted by molar-refractivity contribution is -0.147. The van der Waals surface area contributed by atoms with Crippen LogP contribution in [0.4, 0.5) is 0 Å². The quantitative estimate of drug-likeness (QED) is 0.787. The molecule has 1 aliphatic rings. The Kier molecular flexibility index (Phi) is 6.40. The van der Waals surface area contributed by atoms with Crippen LogP contribution < -0.4 is 0 Å². The Morgan fingerprint density at radius 1 is 1.36 bits per heavy atom. The lowest BCUT2D eigenvalue weighted by atomic mass is 10.0. The van der Waals surface area contributed by atoms with Crippen LogP contribution in [0.5, 0.6) is 0 Å². The summed E-state index contributed by atoms with van der Waals surface area (Å²) in [5.74, 6) is -0.135. The zero-order valence-corrected chi connectivity index (χ0v) is 13.6. The lowest BCUT2D eigenvalue weighted by Gasteiger charge is -2.26. The summed E-state index contributed by atoms with van der Waals surface area (Å²) >= 11 is 0. The molecule has 0 amide bonds. The molecule has 1 saturated heterocycles. The Hall–Kier alpha value is -1.39. The molecule has 2 unspecified atom stereocenters. The van der Waals surface area contributed by atoms with E-state index in [1.54, 1.807) is 0 Å². The molecule has 1 aliphatic heterocycles. The minimum Gasteiger partial charge on any atom is -0.463 e. The van der Waals surface area contributed by atoms with E-state index in [1.807, 2.05) is 44.2 Å². The fourth-order valence-corrected chi connectivity index (χ4v) is 3.08. The van der Waals surface area contributed by atoms with E-state index in [-0.39, 0.29) is 12.1 Å². The van der Waals surface area contributed by atoms with Gasteiger partial charge in [-0.2, -0.15) is 0 Å². The Bertz CT molecular complexity index is 461. The van der Waals surface area contributed by atoms with Crippen LogP contribution in [0, 0.1) is 0 Å². The molecule has 4 nitrogen and oxygen atoms in total. The molecule has 22 heavy (non-hydrogen) atoms. The highest BCUT2D eigenvalue weighted by molar-refractivity contribution is 5.69. The van der Waals surface area contributed by atoms with E-state index in [4.69, 9.17) is 4.74 Å². The van der Waals surface area contributed by atoms with Crippen LogP contribution >= 0.6 is 0 Å². The van der Waals surface area contributed by atoms with E-state index in [0.29, 0.717) is 12.5 Å². The number of carbonyl (C=O) groups excluding carboxylic acids is 1. The van der Waals surface area contributed by atoms with Crippen LogP contribution in [0.25, 0.3) is 0 Å². The molecule has 4 heteroatoms. The maximum absolute atomic E-state index is 11.7. The third-order valence-corrected chi connectivity index (χ3v) is 4.15. The van der Waals surface area contributed by atoms with Gasteiger partial charge in [0.25, 0.3) is 0 Å². The van der Waals surface area contributed by atoms with E-state index in [9.17, 15) is 9.90 Å². The number of aliphatic hydroxyl groups is 1. The Morgan fingerprint density at radius 2 is 2.09 bits per heavy atom. The van der Waals surface area contributed by atoms with Gasteiger partial charge in [0.15, 0.2) is 0 Å². The van der Waals surface area contributed by atoms with Gasteiger partial charge in [-0.1, -0.05) is 30.3 Å². The van der Waals surface area contributed by atoms with E-state index < -0.39 is 6.10 Å². The molecule has 1 aromatic rings.